The molecule has 0 fully saturated rings. The zero-order valence-corrected chi connectivity index (χ0v) is 11.5. The van der Waals surface area contributed by atoms with Crippen molar-refractivity contribution in [3.8, 4) is 0 Å². The van der Waals surface area contributed by atoms with Gasteiger partial charge in [0, 0.05) is 23.2 Å². The van der Waals surface area contributed by atoms with E-state index < -0.39 is 17.5 Å². The molecule has 20 heavy (non-hydrogen) atoms. The lowest BCUT2D eigenvalue weighted by Gasteiger charge is -2.15. The monoisotopic (exact) mass is 299 g/mol. The third kappa shape index (κ3) is 3.52. The van der Waals surface area contributed by atoms with Crippen LogP contribution in [0.3, 0.4) is 0 Å². The van der Waals surface area contributed by atoms with Crippen LogP contribution in [-0.2, 0) is 6.54 Å². The van der Waals surface area contributed by atoms with Gasteiger partial charge in [0.25, 0.3) is 0 Å². The molecule has 0 saturated heterocycles. The Bertz CT molecular complexity index is 616. The summed E-state index contributed by atoms with van der Waals surface area (Å²) >= 11 is 5.67. The Kier molecular flexibility index (Phi) is 4.68. The van der Waals surface area contributed by atoms with Crippen molar-refractivity contribution in [2.45, 2.75) is 19.5 Å². The van der Waals surface area contributed by atoms with E-state index in [4.69, 9.17) is 11.6 Å². The number of hydrogen-bond donors (Lipinski definition) is 1. The molecule has 0 heterocycles. The fourth-order valence-electron chi connectivity index (χ4n) is 1.83. The number of halogens is 4. The van der Waals surface area contributed by atoms with Crippen LogP contribution in [0, 0.1) is 17.5 Å². The van der Waals surface area contributed by atoms with Crippen LogP contribution in [0.1, 0.15) is 24.1 Å². The molecule has 0 bridgehead atoms. The summed E-state index contributed by atoms with van der Waals surface area (Å²) in [4.78, 5) is 0. The lowest BCUT2D eigenvalue weighted by atomic mass is 10.1. The third-order valence-electron chi connectivity index (χ3n) is 3.06. The Balaban J connectivity index is 2.04. The number of hydrogen-bond acceptors (Lipinski definition) is 1. The molecule has 1 N–H and O–H groups in total. The summed E-state index contributed by atoms with van der Waals surface area (Å²) in [5, 5.41) is 3.38. The van der Waals surface area contributed by atoms with Crippen molar-refractivity contribution in [2.24, 2.45) is 0 Å². The SMILES string of the molecule is CC(NCc1ccc(Cl)cc1F)c1ccc(F)c(F)c1. The van der Waals surface area contributed by atoms with E-state index in [0.29, 0.717) is 16.1 Å². The Morgan fingerprint density at radius 2 is 1.75 bits per heavy atom. The molecule has 2 rings (SSSR count). The van der Waals surface area contributed by atoms with Crippen molar-refractivity contribution in [1.29, 1.82) is 0 Å². The van der Waals surface area contributed by atoms with Crippen LogP contribution in [-0.4, -0.2) is 0 Å². The molecule has 5 heteroatoms. The third-order valence-corrected chi connectivity index (χ3v) is 3.29. The van der Waals surface area contributed by atoms with Crippen LogP contribution >= 0.6 is 11.6 Å². The fraction of sp³-hybridized carbons (Fsp3) is 0.200. The van der Waals surface area contributed by atoms with Crippen LogP contribution in [0.2, 0.25) is 5.02 Å². The van der Waals surface area contributed by atoms with Crippen LogP contribution in [0.5, 0.6) is 0 Å². The molecule has 1 atom stereocenters. The van der Waals surface area contributed by atoms with Crippen molar-refractivity contribution in [1.82, 2.24) is 5.32 Å². The van der Waals surface area contributed by atoms with Gasteiger partial charge in [-0.25, -0.2) is 13.2 Å². The first-order chi connectivity index (χ1) is 9.47. The second kappa shape index (κ2) is 6.29. The first-order valence-electron chi connectivity index (χ1n) is 6.09. The Morgan fingerprint density at radius 1 is 1.00 bits per heavy atom. The lowest BCUT2D eigenvalue weighted by Crippen LogP contribution is -2.19. The average molecular weight is 300 g/mol. The minimum atomic E-state index is -0.895. The van der Waals surface area contributed by atoms with Crippen molar-refractivity contribution in [2.75, 3.05) is 0 Å². The van der Waals surface area contributed by atoms with Crippen molar-refractivity contribution in [3.63, 3.8) is 0 Å². The zero-order chi connectivity index (χ0) is 14.7. The average Bonchev–Trinajstić information content (AvgIpc) is 2.40. The number of nitrogens with one attached hydrogen (secondary N) is 1. The molecule has 2 aromatic rings. The zero-order valence-electron chi connectivity index (χ0n) is 10.8. The van der Waals surface area contributed by atoms with Crippen molar-refractivity contribution < 1.29 is 13.2 Å². The maximum atomic E-state index is 13.6. The maximum absolute atomic E-state index is 13.6. The van der Waals surface area contributed by atoms with Gasteiger partial charge in [0.1, 0.15) is 5.82 Å². The van der Waals surface area contributed by atoms with Gasteiger partial charge < -0.3 is 5.32 Å². The minimum Gasteiger partial charge on any atom is -0.306 e. The molecule has 1 nitrogen and oxygen atoms in total. The van der Waals surface area contributed by atoms with Crippen LogP contribution < -0.4 is 5.32 Å². The molecule has 0 radical (unpaired) electrons. The van der Waals surface area contributed by atoms with Gasteiger partial charge in [-0.05, 0) is 36.8 Å². The summed E-state index contributed by atoms with van der Waals surface area (Å²) in [6.07, 6.45) is 0. The maximum Gasteiger partial charge on any atom is 0.159 e. The van der Waals surface area contributed by atoms with E-state index >= 15 is 0 Å². The summed E-state index contributed by atoms with van der Waals surface area (Å²) in [7, 11) is 0. The smallest absolute Gasteiger partial charge is 0.159 e. The Labute approximate surface area is 120 Å². The molecule has 2 aromatic carbocycles. The highest BCUT2D eigenvalue weighted by molar-refractivity contribution is 6.30. The molecule has 1 unspecified atom stereocenters. The summed E-state index contributed by atoms with van der Waals surface area (Å²) in [5.74, 6) is -2.18. The van der Waals surface area contributed by atoms with Gasteiger partial charge in [-0.2, -0.15) is 0 Å². The highest BCUT2D eigenvalue weighted by atomic mass is 35.5. The molecular formula is C15H13ClF3N. The van der Waals surface area contributed by atoms with Crippen LogP contribution in [0.15, 0.2) is 36.4 Å². The summed E-state index contributed by atoms with van der Waals surface area (Å²) in [6.45, 7) is 2.06. The molecular weight excluding hydrogens is 287 g/mol. The van der Waals surface area contributed by atoms with Gasteiger partial charge in [-0.3, -0.25) is 0 Å². The Morgan fingerprint density at radius 3 is 2.40 bits per heavy atom. The molecule has 0 aromatic heterocycles. The van der Waals surface area contributed by atoms with Gasteiger partial charge in [0.2, 0.25) is 0 Å². The van der Waals surface area contributed by atoms with Crippen LogP contribution in [0.4, 0.5) is 13.2 Å². The van der Waals surface area contributed by atoms with Gasteiger partial charge in [-0.1, -0.05) is 23.7 Å². The molecule has 106 valence electrons. The van der Waals surface area contributed by atoms with E-state index in [0.717, 1.165) is 12.1 Å². The number of rotatable bonds is 4. The molecule has 0 aliphatic carbocycles. The first kappa shape index (κ1) is 14.9. The summed E-state index contributed by atoms with van der Waals surface area (Å²) in [6, 6.07) is 7.89. The normalized spacial score (nSPS) is 12.4. The highest BCUT2D eigenvalue weighted by Crippen LogP contribution is 2.18. The fourth-order valence-corrected chi connectivity index (χ4v) is 1.99. The summed E-state index contributed by atoms with van der Waals surface area (Å²) < 4.78 is 39.6. The second-order valence-electron chi connectivity index (χ2n) is 4.51. The van der Waals surface area contributed by atoms with E-state index in [1.54, 1.807) is 19.1 Å². The molecule has 0 saturated carbocycles. The minimum absolute atomic E-state index is 0.236. The number of benzene rings is 2. The molecule has 0 amide bonds. The Hall–Kier alpha value is -1.52. The lowest BCUT2D eigenvalue weighted by molar-refractivity contribution is 0.499. The van der Waals surface area contributed by atoms with E-state index in [-0.39, 0.29) is 12.6 Å². The van der Waals surface area contributed by atoms with Crippen molar-refractivity contribution in [3.05, 3.63) is 70.0 Å². The van der Waals surface area contributed by atoms with Crippen LogP contribution in [0.25, 0.3) is 0 Å². The first-order valence-corrected chi connectivity index (χ1v) is 6.47. The summed E-state index contributed by atoms with van der Waals surface area (Å²) in [5.41, 5.74) is 1.06. The van der Waals surface area contributed by atoms with E-state index in [1.807, 2.05) is 0 Å². The largest absolute Gasteiger partial charge is 0.306 e. The highest BCUT2D eigenvalue weighted by Gasteiger charge is 2.10. The quantitative estimate of drug-likeness (QED) is 0.869. The topological polar surface area (TPSA) is 12.0 Å². The van der Waals surface area contributed by atoms with E-state index in [1.165, 1.54) is 12.1 Å². The molecule has 0 spiro atoms. The van der Waals surface area contributed by atoms with E-state index in [9.17, 15) is 13.2 Å². The molecule has 0 aliphatic rings. The van der Waals surface area contributed by atoms with E-state index in [2.05, 4.69) is 5.32 Å². The molecule has 0 aliphatic heterocycles. The van der Waals surface area contributed by atoms with Gasteiger partial charge in [-0.15, -0.1) is 0 Å². The van der Waals surface area contributed by atoms with Gasteiger partial charge >= 0.3 is 0 Å². The van der Waals surface area contributed by atoms with Gasteiger partial charge in [0.05, 0.1) is 0 Å². The van der Waals surface area contributed by atoms with Gasteiger partial charge in [0.15, 0.2) is 11.6 Å². The predicted octanol–water partition coefficient (Wildman–Crippen LogP) is 4.61. The second-order valence-corrected chi connectivity index (χ2v) is 4.95. The van der Waals surface area contributed by atoms with Crippen molar-refractivity contribution >= 4 is 11.6 Å². The predicted molar refractivity (Wildman–Crippen MR) is 73.0 cm³/mol. The standard InChI is InChI=1S/C15H13ClF3N/c1-9(10-3-5-13(17)15(19)6-10)20-8-11-2-4-12(16)7-14(11)18/h2-7,9,20H,8H2,1H3.